The van der Waals surface area contributed by atoms with Crippen LogP contribution in [0, 0.1) is 0 Å². The molecule has 1 saturated heterocycles. The van der Waals surface area contributed by atoms with Crippen molar-refractivity contribution in [3.05, 3.63) is 23.6 Å². The maximum absolute atomic E-state index is 12.0. The van der Waals surface area contributed by atoms with Gasteiger partial charge in [0.1, 0.15) is 6.10 Å². The van der Waals surface area contributed by atoms with Crippen LogP contribution in [0.3, 0.4) is 0 Å². The van der Waals surface area contributed by atoms with Crippen molar-refractivity contribution >= 4 is 22.4 Å². The summed E-state index contributed by atoms with van der Waals surface area (Å²) in [5.74, 6) is 1.18. The summed E-state index contributed by atoms with van der Waals surface area (Å²) in [6.45, 7) is 0.646. The molecular formula is C16H18N2O4S. The fourth-order valence-electron chi connectivity index (χ4n) is 2.43. The molecule has 0 radical (unpaired) electrons. The van der Waals surface area contributed by atoms with Crippen LogP contribution in [0.2, 0.25) is 0 Å². The van der Waals surface area contributed by atoms with E-state index in [-0.39, 0.29) is 12.0 Å². The van der Waals surface area contributed by atoms with Gasteiger partial charge in [-0.2, -0.15) is 0 Å². The zero-order chi connectivity index (χ0) is 16.2. The highest BCUT2D eigenvalue weighted by atomic mass is 32.1. The van der Waals surface area contributed by atoms with Crippen LogP contribution in [0.15, 0.2) is 23.6 Å². The molecule has 1 N–H and O–H groups in total. The average Bonchev–Trinajstić information content (AvgIpc) is 3.25. The summed E-state index contributed by atoms with van der Waals surface area (Å²) in [5.41, 5.74) is 1.68. The molecule has 0 unspecified atom stereocenters. The van der Waals surface area contributed by atoms with Gasteiger partial charge in [0.2, 0.25) is 0 Å². The van der Waals surface area contributed by atoms with Gasteiger partial charge in [-0.15, -0.1) is 11.3 Å². The summed E-state index contributed by atoms with van der Waals surface area (Å²) in [6.07, 6.45) is 1.33. The fourth-order valence-corrected chi connectivity index (χ4v) is 3.15. The van der Waals surface area contributed by atoms with Crippen molar-refractivity contribution in [3.8, 4) is 22.8 Å². The molecule has 1 atom stereocenters. The number of ether oxygens (including phenoxy) is 3. The Hall–Kier alpha value is -2.12. The number of hydrogen-bond donors (Lipinski definition) is 1. The van der Waals surface area contributed by atoms with Crippen molar-refractivity contribution in [2.45, 2.75) is 18.9 Å². The highest BCUT2D eigenvalue weighted by Gasteiger charge is 2.24. The molecule has 2 aromatic rings. The Labute approximate surface area is 138 Å². The summed E-state index contributed by atoms with van der Waals surface area (Å²) in [5, 5.41) is 5.27. The fraction of sp³-hybridized carbons (Fsp3) is 0.375. The van der Waals surface area contributed by atoms with Crippen LogP contribution >= 0.6 is 11.3 Å². The van der Waals surface area contributed by atoms with E-state index in [1.807, 2.05) is 23.6 Å². The molecule has 0 aliphatic carbocycles. The molecule has 1 aliphatic heterocycles. The summed E-state index contributed by atoms with van der Waals surface area (Å²) in [6, 6.07) is 5.60. The first kappa shape index (κ1) is 15.8. The predicted octanol–water partition coefficient (Wildman–Crippen LogP) is 2.94. The van der Waals surface area contributed by atoms with Crippen LogP contribution in [0.1, 0.15) is 12.8 Å². The van der Waals surface area contributed by atoms with E-state index in [9.17, 15) is 4.79 Å². The minimum absolute atomic E-state index is 0.129. The monoisotopic (exact) mass is 334 g/mol. The first-order valence-electron chi connectivity index (χ1n) is 7.31. The standard InChI is InChI=1S/C16H18N2O4S/c1-20-12-6-5-10(8-14(12)21-2)11-9-23-16(17-11)18-15(19)13-4-3-7-22-13/h5-6,8-9,13H,3-4,7H2,1-2H3,(H,17,18,19)/t13-/m0/s1. The van der Waals surface area contributed by atoms with Gasteiger partial charge < -0.3 is 14.2 Å². The van der Waals surface area contributed by atoms with Crippen molar-refractivity contribution < 1.29 is 19.0 Å². The van der Waals surface area contributed by atoms with Crippen molar-refractivity contribution in [3.63, 3.8) is 0 Å². The van der Waals surface area contributed by atoms with Crippen LogP contribution in [-0.2, 0) is 9.53 Å². The second kappa shape index (κ2) is 6.97. The molecule has 122 valence electrons. The maximum Gasteiger partial charge on any atom is 0.255 e. The normalized spacial score (nSPS) is 17.0. The maximum atomic E-state index is 12.0. The Morgan fingerprint density at radius 1 is 1.35 bits per heavy atom. The van der Waals surface area contributed by atoms with Crippen LogP contribution in [0.25, 0.3) is 11.3 Å². The lowest BCUT2D eigenvalue weighted by atomic mass is 10.1. The van der Waals surface area contributed by atoms with Gasteiger partial charge in [-0.25, -0.2) is 4.98 Å². The molecule has 0 bridgehead atoms. The number of amides is 1. The number of carbonyl (C=O) groups is 1. The summed E-state index contributed by atoms with van der Waals surface area (Å²) < 4.78 is 15.9. The molecule has 23 heavy (non-hydrogen) atoms. The first-order valence-corrected chi connectivity index (χ1v) is 8.19. The van der Waals surface area contributed by atoms with Gasteiger partial charge in [-0.1, -0.05) is 0 Å². The van der Waals surface area contributed by atoms with Crippen molar-refractivity contribution in [2.24, 2.45) is 0 Å². The SMILES string of the molecule is COc1ccc(-c2csc(NC(=O)[C@@H]3CCCO3)n2)cc1OC. The molecule has 0 saturated carbocycles. The second-order valence-electron chi connectivity index (χ2n) is 5.10. The van der Waals surface area contributed by atoms with E-state index < -0.39 is 0 Å². The number of hydrogen-bond acceptors (Lipinski definition) is 6. The average molecular weight is 334 g/mol. The number of rotatable bonds is 5. The number of carbonyl (C=O) groups excluding carboxylic acids is 1. The molecule has 1 fully saturated rings. The van der Waals surface area contributed by atoms with Crippen molar-refractivity contribution in [2.75, 3.05) is 26.1 Å². The molecule has 1 aromatic heterocycles. The quantitative estimate of drug-likeness (QED) is 0.910. The first-order chi connectivity index (χ1) is 11.2. The van der Waals surface area contributed by atoms with Gasteiger partial charge in [0.25, 0.3) is 5.91 Å². The lowest BCUT2D eigenvalue weighted by Gasteiger charge is -2.08. The minimum Gasteiger partial charge on any atom is -0.493 e. The largest absolute Gasteiger partial charge is 0.493 e. The van der Waals surface area contributed by atoms with Gasteiger partial charge in [0.15, 0.2) is 16.6 Å². The zero-order valence-electron chi connectivity index (χ0n) is 13.0. The van der Waals surface area contributed by atoms with Crippen LogP contribution in [0.5, 0.6) is 11.5 Å². The molecule has 1 aromatic carbocycles. The Balaban J connectivity index is 1.75. The predicted molar refractivity (Wildman–Crippen MR) is 88.3 cm³/mol. The third-order valence-corrected chi connectivity index (χ3v) is 4.39. The number of benzene rings is 1. The molecule has 0 spiro atoms. The van der Waals surface area contributed by atoms with E-state index in [4.69, 9.17) is 14.2 Å². The van der Waals surface area contributed by atoms with Crippen molar-refractivity contribution in [1.29, 1.82) is 0 Å². The van der Waals surface area contributed by atoms with Crippen LogP contribution in [0.4, 0.5) is 5.13 Å². The summed E-state index contributed by atoms with van der Waals surface area (Å²) in [4.78, 5) is 16.5. The lowest BCUT2D eigenvalue weighted by molar-refractivity contribution is -0.124. The summed E-state index contributed by atoms with van der Waals surface area (Å²) >= 11 is 1.38. The second-order valence-corrected chi connectivity index (χ2v) is 5.96. The van der Waals surface area contributed by atoms with Gasteiger partial charge in [-0.05, 0) is 31.0 Å². The van der Waals surface area contributed by atoms with E-state index in [0.29, 0.717) is 23.2 Å². The van der Waals surface area contributed by atoms with E-state index >= 15 is 0 Å². The van der Waals surface area contributed by atoms with Crippen LogP contribution < -0.4 is 14.8 Å². The van der Waals surface area contributed by atoms with Gasteiger partial charge >= 0.3 is 0 Å². The number of aromatic nitrogens is 1. The topological polar surface area (TPSA) is 69.7 Å². The van der Waals surface area contributed by atoms with Gasteiger partial charge in [0.05, 0.1) is 19.9 Å². The summed E-state index contributed by atoms with van der Waals surface area (Å²) in [7, 11) is 3.19. The molecule has 3 rings (SSSR count). The van der Waals surface area contributed by atoms with E-state index in [1.54, 1.807) is 14.2 Å². The third-order valence-electron chi connectivity index (χ3n) is 3.64. The molecule has 1 aliphatic rings. The lowest BCUT2D eigenvalue weighted by Crippen LogP contribution is -2.26. The van der Waals surface area contributed by atoms with E-state index in [2.05, 4.69) is 10.3 Å². The highest BCUT2D eigenvalue weighted by molar-refractivity contribution is 7.14. The van der Waals surface area contributed by atoms with Crippen LogP contribution in [-0.4, -0.2) is 37.8 Å². The number of anilines is 1. The molecule has 2 heterocycles. The highest BCUT2D eigenvalue weighted by Crippen LogP contribution is 2.33. The Kier molecular flexibility index (Phi) is 4.78. The Morgan fingerprint density at radius 3 is 2.87 bits per heavy atom. The smallest absolute Gasteiger partial charge is 0.255 e. The minimum atomic E-state index is -0.358. The van der Waals surface area contributed by atoms with Crippen molar-refractivity contribution in [1.82, 2.24) is 4.98 Å². The zero-order valence-corrected chi connectivity index (χ0v) is 13.8. The van der Waals surface area contributed by atoms with Gasteiger partial charge in [0, 0.05) is 17.6 Å². The Bertz CT molecular complexity index is 695. The Morgan fingerprint density at radius 2 is 2.17 bits per heavy atom. The number of thiazole rings is 1. The molecule has 7 heteroatoms. The number of methoxy groups -OCH3 is 2. The molecule has 1 amide bonds. The number of nitrogens with one attached hydrogen (secondary N) is 1. The van der Waals surface area contributed by atoms with Gasteiger partial charge in [-0.3, -0.25) is 10.1 Å². The number of nitrogens with zero attached hydrogens (tertiary/aromatic N) is 1. The third kappa shape index (κ3) is 3.46. The van der Waals surface area contributed by atoms with E-state index in [0.717, 1.165) is 24.1 Å². The van der Waals surface area contributed by atoms with E-state index in [1.165, 1.54) is 11.3 Å². The molecule has 6 nitrogen and oxygen atoms in total. The molecular weight excluding hydrogens is 316 g/mol.